The van der Waals surface area contributed by atoms with E-state index in [2.05, 4.69) is 0 Å². The summed E-state index contributed by atoms with van der Waals surface area (Å²) in [5, 5.41) is 26.2. The lowest BCUT2D eigenvalue weighted by molar-refractivity contribution is -0.275. The second-order valence-electron chi connectivity index (χ2n) is 9.50. The maximum atomic E-state index is 13.8. The lowest BCUT2D eigenvalue weighted by atomic mass is 9.77. The molecule has 0 unspecified atom stereocenters. The average molecular weight is 572 g/mol. The first-order valence-corrected chi connectivity index (χ1v) is 14.4. The van der Waals surface area contributed by atoms with Crippen molar-refractivity contribution in [2.75, 3.05) is 38.0 Å². The van der Waals surface area contributed by atoms with E-state index >= 15 is 0 Å². The molecule has 0 atom stereocenters. The summed E-state index contributed by atoms with van der Waals surface area (Å²) in [6.45, 7) is 0. The van der Waals surface area contributed by atoms with Gasteiger partial charge in [-0.25, -0.2) is 0 Å². The molecule has 3 N–H and O–H groups in total. The Morgan fingerprint density at radius 3 is 1.54 bits per heavy atom. The van der Waals surface area contributed by atoms with Gasteiger partial charge in [0, 0.05) is 39.6 Å². The smallest absolute Gasteiger partial charge is 0.294 e. The van der Waals surface area contributed by atoms with Crippen LogP contribution in [0.1, 0.15) is 16.7 Å². The van der Waals surface area contributed by atoms with Gasteiger partial charge in [0.1, 0.15) is 5.60 Å². The molecule has 0 spiro atoms. The zero-order chi connectivity index (χ0) is 28.9. The Bertz CT molecular complexity index is 1710. The third kappa shape index (κ3) is 5.16. The quantitative estimate of drug-likeness (QED) is 0.222. The first-order chi connectivity index (χ1) is 18.0. The van der Waals surface area contributed by atoms with Crippen LogP contribution in [-0.2, 0) is 25.8 Å². The van der Waals surface area contributed by atoms with E-state index in [1.54, 1.807) is 48.5 Å². The molecule has 4 aromatic carbocycles. The molecule has 0 aliphatic rings. The Labute approximate surface area is 226 Å². The van der Waals surface area contributed by atoms with Crippen molar-refractivity contribution in [1.29, 1.82) is 0 Å². The average Bonchev–Trinajstić information content (AvgIpc) is 2.86. The second kappa shape index (κ2) is 9.81. The molecular weight excluding hydrogens is 544 g/mol. The van der Waals surface area contributed by atoms with Crippen LogP contribution in [0.5, 0.6) is 5.75 Å². The first kappa shape index (κ1) is 28.3. The Balaban J connectivity index is 2.18. The molecule has 0 bridgehead atoms. The van der Waals surface area contributed by atoms with Crippen LogP contribution in [0.2, 0.25) is 0 Å². The van der Waals surface area contributed by atoms with E-state index < -0.39 is 46.9 Å². The molecule has 39 heavy (non-hydrogen) atoms. The SMILES string of the molecule is CN(C)c1ccc(C(O)(c2ccc(N(C)C)cc2)c2c([O-])c(S(=O)(=O)O)cc3cc(S(=O)(=O)O)ccc23)cc1. The summed E-state index contributed by atoms with van der Waals surface area (Å²) in [6.07, 6.45) is 0. The third-order valence-electron chi connectivity index (χ3n) is 6.57. The molecule has 0 aliphatic heterocycles. The standard InChI is InChI=1S/C27H28N2O8S2/c1-28(2)20-9-5-18(6-10-20)27(31,19-7-11-21(12-8-19)29(3)4)25-23-14-13-22(38(32,33)34)15-17(23)16-24(26(25)30)39(35,36)37/h5-16,30-31H,1-4H3,(H,32,33,34)(H,35,36,37)/p-1. The van der Waals surface area contributed by atoms with Gasteiger partial charge < -0.3 is 20.0 Å². The zero-order valence-electron chi connectivity index (χ0n) is 21.5. The Morgan fingerprint density at radius 1 is 0.692 bits per heavy atom. The molecule has 0 saturated carbocycles. The van der Waals surface area contributed by atoms with Gasteiger partial charge in [-0.05, 0) is 69.9 Å². The lowest BCUT2D eigenvalue weighted by Crippen LogP contribution is -2.31. The van der Waals surface area contributed by atoms with E-state index in [4.69, 9.17) is 0 Å². The van der Waals surface area contributed by atoms with Crippen LogP contribution in [0.3, 0.4) is 0 Å². The molecule has 0 fully saturated rings. The van der Waals surface area contributed by atoms with Gasteiger partial charge in [-0.3, -0.25) is 9.11 Å². The maximum Gasteiger partial charge on any atom is 0.294 e. The van der Waals surface area contributed by atoms with E-state index in [1.807, 2.05) is 38.0 Å². The van der Waals surface area contributed by atoms with Crippen LogP contribution in [0.25, 0.3) is 10.8 Å². The van der Waals surface area contributed by atoms with Gasteiger partial charge in [0.15, 0.2) is 0 Å². The number of nitrogens with zero attached hydrogens (tertiary/aromatic N) is 2. The van der Waals surface area contributed by atoms with Gasteiger partial charge in [0.2, 0.25) is 0 Å². The summed E-state index contributed by atoms with van der Waals surface area (Å²) in [5.74, 6) is -1.17. The van der Waals surface area contributed by atoms with E-state index in [-0.39, 0.29) is 21.9 Å². The monoisotopic (exact) mass is 571 g/mol. The molecule has 10 nitrogen and oxygen atoms in total. The minimum absolute atomic E-state index is 0.0238. The highest BCUT2D eigenvalue weighted by Crippen LogP contribution is 2.46. The van der Waals surface area contributed by atoms with Gasteiger partial charge in [-0.2, -0.15) is 16.8 Å². The fourth-order valence-electron chi connectivity index (χ4n) is 4.51. The lowest BCUT2D eigenvalue weighted by Gasteiger charge is -2.36. The molecular formula is C27H27N2O8S2-. The van der Waals surface area contributed by atoms with E-state index in [9.17, 15) is 36.2 Å². The van der Waals surface area contributed by atoms with Gasteiger partial charge in [-0.15, -0.1) is 0 Å². The van der Waals surface area contributed by atoms with Crippen LogP contribution in [0.15, 0.2) is 82.6 Å². The Kier molecular flexibility index (Phi) is 7.13. The highest BCUT2D eigenvalue weighted by atomic mass is 32.2. The number of rotatable bonds is 7. The summed E-state index contributed by atoms with van der Waals surface area (Å²) < 4.78 is 67.6. The van der Waals surface area contributed by atoms with E-state index in [0.29, 0.717) is 0 Å². The molecule has 0 heterocycles. The molecule has 4 aromatic rings. The predicted molar refractivity (Wildman–Crippen MR) is 147 cm³/mol. The van der Waals surface area contributed by atoms with Crippen molar-refractivity contribution in [3.63, 3.8) is 0 Å². The van der Waals surface area contributed by atoms with E-state index in [0.717, 1.165) is 29.6 Å². The molecule has 0 saturated heterocycles. The van der Waals surface area contributed by atoms with Gasteiger partial charge in [0.25, 0.3) is 20.2 Å². The summed E-state index contributed by atoms with van der Waals surface area (Å²) >= 11 is 0. The van der Waals surface area contributed by atoms with Crippen molar-refractivity contribution in [3.05, 3.63) is 89.5 Å². The van der Waals surface area contributed by atoms with Crippen LogP contribution >= 0.6 is 0 Å². The first-order valence-electron chi connectivity index (χ1n) is 11.6. The van der Waals surface area contributed by atoms with Crippen LogP contribution in [0.4, 0.5) is 11.4 Å². The number of hydrogen-bond acceptors (Lipinski definition) is 8. The van der Waals surface area contributed by atoms with Crippen molar-refractivity contribution < 1.29 is 36.2 Å². The molecule has 12 heteroatoms. The largest absolute Gasteiger partial charge is 0.871 e. The highest BCUT2D eigenvalue weighted by Gasteiger charge is 2.38. The normalized spacial score (nSPS) is 12.5. The van der Waals surface area contributed by atoms with Gasteiger partial charge in [-0.1, -0.05) is 36.1 Å². The third-order valence-corrected chi connectivity index (χ3v) is 8.28. The zero-order valence-corrected chi connectivity index (χ0v) is 23.2. The second-order valence-corrected chi connectivity index (χ2v) is 12.3. The Morgan fingerprint density at radius 2 is 1.15 bits per heavy atom. The van der Waals surface area contributed by atoms with Crippen LogP contribution < -0.4 is 14.9 Å². The summed E-state index contributed by atoms with van der Waals surface area (Å²) in [5.41, 5.74) is -0.636. The van der Waals surface area contributed by atoms with E-state index in [1.165, 1.54) is 6.07 Å². The summed E-state index contributed by atoms with van der Waals surface area (Å²) in [6, 6.07) is 17.2. The van der Waals surface area contributed by atoms with Gasteiger partial charge >= 0.3 is 0 Å². The van der Waals surface area contributed by atoms with Crippen molar-refractivity contribution in [1.82, 2.24) is 0 Å². The number of benzene rings is 4. The molecule has 0 aromatic heterocycles. The number of hydrogen-bond donors (Lipinski definition) is 3. The van der Waals surface area contributed by atoms with Crippen molar-refractivity contribution >= 4 is 42.4 Å². The van der Waals surface area contributed by atoms with Crippen LogP contribution in [0, 0.1) is 0 Å². The number of fused-ring (bicyclic) bond motifs is 1. The van der Waals surface area contributed by atoms with Crippen molar-refractivity contribution in [3.8, 4) is 5.75 Å². The minimum atomic E-state index is -5.11. The predicted octanol–water partition coefficient (Wildman–Crippen LogP) is 2.82. The maximum absolute atomic E-state index is 13.8. The molecule has 0 amide bonds. The Hall–Kier alpha value is -3.68. The number of aliphatic hydroxyl groups is 1. The summed E-state index contributed by atoms with van der Waals surface area (Å²) in [7, 11) is -2.49. The number of anilines is 2. The van der Waals surface area contributed by atoms with Crippen LogP contribution in [-0.4, -0.2) is 59.2 Å². The minimum Gasteiger partial charge on any atom is -0.871 e. The van der Waals surface area contributed by atoms with Crippen molar-refractivity contribution in [2.24, 2.45) is 0 Å². The highest BCUT2D eigenvalue weighted by molar-refractivity contribution is 7.86. The topological polar surface area (TPSA) is 159 Å². The molecule has 0 radical (unpaired) electrons. The fourth-order valence-corrected chi connectivity index (χ4v) is 5.64. The van der Waals surface area contributed by atoms with Gasteiger partial charge in [0.05, 0.1) is 9.79 Å². The summed E-state index contributed by atoms with van der Waals surface area (Å²) in [4.78, 5) is 2.05. The fraction of sp³-hybridized carbons (Fsp3) is 0.185. The molecule has 4 rings (SSSR count). The van der Waals surface area contributed by atoms with Crippen molar-refractivity contribution in [2.45, 2.75) is 15.4 Å². The molecule has 0 aliphatic carbocycles. The molecule has 206 valence electrons.